The lowest BCUT2D eigenvalue weighted by Crippen LogP contribution is -2.40. The number of carbonyl (C=O) groups is 1. The number of methoxy groups -OCH3 is 2. The van der Waals surface area contributed by atoms with Gasteiger partial charge in [-0.3, -0.25) is 4.79 Å². The Balaban J connectivity index is 1.74. The van der Waals surface area contributed by atoms with E-state index >= 15 is 0 Å². The van der Waals surface area contributed by atoms with Crippen molar-refractivity contribution in [2.45, 2.75) is 11.8 Å². The summed E-state index contributed by atoms with van der Waals surface area (Å²) in [6.07, 6.45) is 0. The van der Waals surface area contributed by atoms with Gasteiger partial charge in [0.05, 0.1) is 39.7 Å². The first-order valence-corrected chi connectivity index (χ1v) is 11.7. The van der Waals surface area contributed by atoms with E-state index < -0.39 is 10.0 Å². The Morgan fingerprint density at radius 2 is 1.81 bits per heavy atom. The number of hydrogen-bond acceptors (Lipinski definition) is 7. The monoisotopic (exact) mass is 483 g/mol. The summed E-state index contributed by atoms with van der Waals surface area (Å²) in [4.78, 5) is 12.5. The lowest BCUT2D eigenvalue weighted by Gasteiger charge is -2.26. The van der Waals surface area contributed by atoms with Gasteiger partial charge in [-0.2, -0.15) is 4.31 Å². The van der Waals surface area contributed by atoms with E-state index in [0.717, 1.165) is 5.56 Å². The van der Waals surface area contributed by atoms with Crippen molar-refractivity contribution in [3.05, 3.63) is 40.9 Å². The number of ether oxygens (including phenoxy) is 3. The third-order valence-corrected chi connectivity index (χ3v) is 7.28. The van der Waals surface area contributed by atoms with Crippen molar-refractivity contribution in [2.75, 3.05) is 57.7 Å². The molecule has 2 aromatic carbocycles. The molecular weight excluding hydrogens is 458 g/mol. The highest BCUT2D eigenvalue weighted by atomic mass is 35.5. The molecule has 0 spiro atoms. The highest BCUT2D eigenvalue weighted by Crippen LogP contribution is 2.32. The molecule has 0 bridgehead atoms. The quantitative estimate of drug-likeness (QED) is 0.594. The molecule has 0 unspecified atom stereocenters. The van der Waals surface area contributed by atoms with Gasteiger partial charge in [0.2, 0.25) is 15.9 Å². The predicted octanol–water partition coefficient (Wildman–Crippen LogP) is 2.74. The van der Waals surface area contributed by atoms with E-state index in [1.807, 2.05) is 6.92 Å². The summed E-state index contributed by atoms with van der Waals surface area (Å²) in [5.41, 5.74) is 1.79. The number of aryl methyl sites for hydroxylation is 1. The minimum absolute atomic E-state index is 0.0114. The van der Waals surface area contributed by atoms with Crippen LogP contribution in [-0.2, 0) is 19.6 Å². The molecule has 2 N–H and O–H groups in total. The standard InChI is InChI=1S/C21H26ClN3O6S/c1-14-10-17(19(30-3)12-16(14)22)23-13-21(26)24-15-4-5-18(29-2)20(11-15)32(27,28)25-6-8-31-9-7-25/h4-5,10-12,23H,6-9,13H2,1-3H3,(H,24,26). The number of nitrogens with one attached hydrogen (secondary N) is 2. The fraction of sp³-hybridized carbons (Fsp3) is 0.381. The number of sulfonamides is 1. The molecule has 3 rings (SSSR count). The molecule has 11 heteroatoms. The van der Waals surface area contributed by atoms with Crippen molar-refractivity contribution in [1.82, 2.24) is 4.31 Å². The molecule has 9 nitrogen and oxygen atoms in total. The summed E-state index contributed by atoms with van der Waals surface area (Å²) in [7, 11) is -0.890. The van der Waals surface area contributed by atoms with E-state index in [1.54, 1.807) is 18.2 Å². The largest absolute Gasteiger partial charge is 0.495 e. The lowest BCUT2D eigenvalue weighted by atomic mass is 10.2. The average molecular weight is 484 g/mol. The zero-order valence-electron chi connectivity index (χ0n) is 18.1. The first kappa shape index (κ1) is 24.1. The smallest absolute Gasteiger partial charge is 0.246 e. The van der Waals surface area contributed by atoms with Crippen molar-refractivity contribution >= 4 is 38.9 Å². The molecule has 1 aliphatic rings. The third-order valence-electron chi connectivity index (χ3n) is 4.96. The molecule has 1 saturated heterocycles. The van der Waals surface area contributed by atoms with Gasteiger partial charge in [-0.25, -0.2) is 8.42 Å². The van der Waals surface area contributed by atoms with Crippen LogP contribution in [0.3, 0.4) is 0 Å². The fourth-order valence-electron chi connectivity index (χ4n) is 3.23. The van der Waals surface area contributed by atoms with Crippen LogP contribution < -0.4 is 20.1 Å². The van der Waals surface area contributed by atoms with Gasteiger partial charge >= 0.3 is 0 Å². The van der Waals surface area contributed by atoms with Crippen LogP contribution in [0.15, 0.2) is 35.2 Å². The molecule has 1 aliphatic heterocycles. The van der Waals surface area contributed by atoms with Crippen LogP contribution in [0.25, 0.3) is 0 Å². The van der Waals surface area contributed by atoms with Gasteiger partial charge in [0.15, 0.2) is 0 Å². The number of benzene rings is 2. The molecule has 2 aromatic rings. The molecule has 32 heavy (non-hydrogen) atoms. The highest BCUT2D eigenvalue weighted by Gasteiger charge is 2.29. The molecule has 0 saturated carbocycles. The molecule has 0 aromatic heterocycles. The molecule has 1 heterocycles. The fourth-order valence-corrected chi connectivity index (χ4v) is 4.98. The lowest BCUT2D eigenvalue weighted by molar-refractivity contribution is -0.114. The summed E-state index contributed by atoms with van der Waals surface area (Å²) >= 11 is 6.11. The predicted molar refractivity (Wildman–Crippen MR) is 122 cm³/mol. The van der Waals surface area contributed by atoms with Crippen molar-refractivity contribution in [3.63, 3.8) is 0 Å². The summed E-state index contributed by atoms with van der Waals surface area (Å²) in [6.45, 7) is 2.97. The molecule has 1 amide bonds. The Morgan fingerprint density at radius 1 is 1.12 bits per heavy atom. The minimum atomic E-state index is -3.80. The van der Waals surface area contributed by atoms with Crippen LogP contribution in [0.4, 0.5) is 11.4 Å². The number of amides is 1. The normalized spacial score (nSPS) is 14.6. The number of morpholine rings is 1. The zero-order valence-corrected chi connectivity index (χ0v) is 19.7. The Kier molecular flexibility index (Phi) is 7.83. The number of anilines is 2. The molecule has 1 fully saturated rings. The number of carbonyl (C=O) groups excluding carboxylic acids is 1. The SMILES string of the molecule is COc1cc(Cl)c(C)cc1NCC(=O)Nc1ccc(OC)c(S(=O)(=O)N2CCOCC2)c1. The van der Waals surface area contributed by atoms with E-state index in [1.165, 1.54) is 30.7 Å². The van der Waals surface area contributed by atoms with Gasteiger partial charge in [-0.1, -0.05) is 11.6 Å². The van der Waals surface area contributed by atoms with Crippen molar-refractivity contribution < 1.29 is 27.4 Å². The van der Waals surface area contributed by atoms with Crippen molar-refractivity contribution in [3.8, 4) is 11.5 Å². The molecule has 174 valence electrons. The van der Waals surface area contributed by atoms with E-state index in [-0.39, 0.29) is 36.2 Å². The topological polar surface area (TPSA) is 106 Å². The van der Waals surface area contributed by atoms with E-state index in [2.05, 4.69) is 10.6 Å². The van der Waals surface area contributed by atoms with Gasteiger partial charge in [0.25, 0.3) is 0 Å². The van der Waals surface area contributed by atoms with Crippen LogP contribution in [0.5, 0.6) is 11.5 Å². The molecular formula is C21H26ClN3O6S. The Morgan fingerprint density at radius 3 is 2.47 bits per heavy atom. The summed E-state index contributed by atoms with van der Waals surface area (Å²) in [6, 6.07) is 7.96. The van der Waals surface area contributed by atoms with Gasteiger partial charge in [-0.05, 0) is 36.8 Å². The first-order valence-electron chi connectivity index (χ1n) is 9.90. The molecule has 0 aliphatic carbocycles. The maximum absolute atomic E-state index is 13.1. The van der Waals surface area contributed by atoms with E-state index in [9.17, 15) is 13.2 Å². The van der Waals surface area contributed by atoms with Crippen LogP contribution in [0.1, 0.15) is 5.56 Å². The Bertz CT molecular complexity index is 1090. The minimum Gasteiger partial charge on any atom is -0.495 e. The second-order valence-electron chi connectivity index (χ2n) is 7.09. The summed E-state index contributed by atoms with van der Waals surface area (Å²) < 4.78 is 43.3. The number of rotatable bonds is 8. The van der Waals surface area contributed by atoms with Gasteiger partial charge in [0.1, 0.15) is 16.4 Å². The molecule has 0 radical (unpaired) electrons. The van der Waals surface area contributed by atoms with Crippen LogP contribution in [0, 0.1) is 6.92 Å². The number of nitrogens with zero attached hydrogens (tertiary/aromatic N) is 1. The van der Waals surface area contributed by atoms with Gasteiger partial charge in [0, 0.05) is 29.9 Å². The second kappa shape index (κ2) is 10.4. The number of hydrogen-bond donors (Lipinski definition) is 2. The Labute approximate surface area is 192 Å². The summed E-state index contributed by atoms with van der Waals surface area (Å²) in [5, 5.41) is 6.28. The van der Waals surface area contributed by atoms with Crippen LogP contribution in [0.2, 0.25) is 5.02 Å². The average Bonchev–Trinajstić information content (AvgIpc) is 2.80. The van der Waals surface area contributed by atoms with Crippen molar-refractivity contribution in [2.24, 2.45) is 0 Å². The zero-order chi connectivity index (χ0) is 23.3. The van der Waals surface area contributed by atoms with Crippen molar-refractivity contribution in [1.29, 1.82) is 0 Å². The first-order chi connectivity index (χ1) is 15.3. The third kappa shape index (κ3) is 5.44. The highest BCUT2D eigenvalue weighted by molar-refractivity contribution is 7.89. The Hall–Kier alpha value is -2.53. The number of halogens is 1. The van der Waals surface area contributed by atoms with Gasteiger partial charge < -0.3 is 24.8 Å². The van der Waals surface area contributed by atoms with Crippen LogP contribution in [-0.4, -0.2) is 65.7 Å². The summed E-state index contributed by atoms with van der Waals surface area (Å²) in [5.74, 6) is 0.352. The second-order valence-corrected chi connectivity index (χ2v) is 9.40. The van der Waals surface area contributed by atoms with Crippen LogP contribution >= 0.6 is 11.6 Å². The van der Waals surface area contributed by atoms with E-state index in [4.69, 9.17) is 25.8 Å². The molecule has 0 atom stereocenters. The van der Waals surface area contributed by atoms with E-state index in [0.29, 0.717) is 35.4 Å². The maximum atomic E-state index is 13.1. The maximum Gasteiger partial charge on any atom is 0.246 e. The van der Waals surface area contributed by atoms with Gasteiger partial charge in [-0.15, -0.1) is 0 Å².